The van der Waals surface area contributed by atoms with E-state index in [0.717, 1.165) is 24.3 Å². The predicted molar refractivity (Wildman–Crippen MR) is 95.6 cm³/mol. The van der Waals surface area contributed by atoms with Gasteiger partial charge >= 0.3 is 5.76 Å². The molecule has 0 fully saturated rings. The molecule has 4 N–H and O–H groups in total. The fourth-order valence-electron chi connectivity index (χ4n) is 2.08. The van der Waals surface area contributed by atoms with Gasteiger partial charge in [0, 0.05) is 16.8 Å². The number of sulfone groups is 1. The number of hydrogen-bond acceptors (Lipinski definition) is 5. The van der Waals surface area contributed by atoms with E-state index in [1.54, 1.807) is 0 Å². The van der Waals surface area contributed by atoms with Crippen molar-refractivity contribution in [2.75, 3.05) is 11.9 Å². The molecule has 148 valence electrons. The van der Waals surface area contributed by atoms with Gasteiger partial charge in [0.25, 0.3) is 11.8 Å². The first-order valence-electron chi connectivity index (χ1n) is 7.71. The monoisotopic (exact) mass is 411 g/mol. The van der Waals surface area contributed by atoms with E-state index in [4.69, 9.17) is 5.73 Å². The Balaban J connectivity index is 2.05. The first-order chi connectivity index (χ1) is 13.1. The maximum atomic E-state index is 12.5. The predicted octanol–water partition coefficient (Wildman–Crippen LogP) is 1.15. The van der Waals surface area contributed by atoms with Gasteiger partial charge in [0.05, 0.1) is 11.4 Å². The molecule has 0 saturated heterocycles. The number of halogens is 2. The molecule has 0 aromatic heterocycles. The summed E-state index contributed by atoms with van der Waals surface area (Å²) in [5.74, 6) is -5.37. The number of primary amides is 1. The molecule has 0 aliphatic rings. The van der Waals surface area contributed by atoms with Gasteiger partial charge < -0.3 is 16.4 Å². The highest BCUT2D eigenvalue weighted by atomic mass is 32.2. The molecule has 0 aliphatic carbocycles. The van der Waals surface area contributed by atoms with E-state index in [0.29, 0.717) is 5.69 Å². The molecular formula is C17H15F2N3O5S. The molecule has 0 atom stereocenters. The van der Waals surface area contributed by atoms with Crippen LogP contribution >= 0.6 is 0 Å². The molecule has 0 spiro atoms. The number of nitrogens with one attached hydrogen (secondary N) is 2. The molecule has 2 rings (SSSR count). The number of carbonyl (C=O) groups excluding carboxylic acids is 3. The van der Waals surface area contributed by atoms with Crippen LogP contribution in [-0.2, 0) is 14.6 Å². The zero-order chi connectivity index (χ0) is 20.9. The van der Waals surface area contributed by atoms with Crippen LogP contribution in [-0.4, -0.2) is 38.4 Å². The third-order valence-electron chi connectivity index (χ3n) is 3.51. The second-order valence-corrected chi connectivity index (χ2v) is 7.43. The molecule has 2 aromatic rings. The van der Waals surface area contributed by atoms with Crippen LogP contribution in [0.1, 0.15) is 20.7 Å². The van der Waals surface area contributed by atoms with Crippen molar-refractivity contribution < 1.29 is 31.6 Å². The standard InChI is InChI=1S/C17H15F2N3O5S/c18-17(19)28(26,27)13-7-3-11(4-8-13)16(25)22-12-5-1-10(2-6-12)15(24)21-9-14(20)23/h1-8,17H,9H2,(H2,20,23)(H,21,24)(H,22,25). The lowest BCUT2D eigenvalue weighted by atomic mass is 10.1. The van der Waals surface area contributed by atoms with Gasteiger partial charge in [-0.25, -0.2) is 8.42 Å². The minimum absolute atomic E-state index is 0.0523. The van der Waals surface area contributed by atoms with Gasteiger partial charge in [-0.3, -0.25) is 14.4 Å². The highest BCUT2D eigenvalue weighted by Gasteiger charge is 2.26. The lowest BCUT2D eigenvalue weighted by Crippen LogP contribution is -2.33. The highest BCUT2D eigenvalue weighted by molar-refractivity contribution is 7.91. The number of rotatable bonds is 7. The molecule has 2 aromatic carbocycles. The summed E-state index contributed by atoms with van der Waals surface area (Å²) < 4.78 is 47.7. The summed E-state index contributed by atoms with van der Waals surface area (Å²) in [5.41, 5.74) is 5.55. The molecule has 11 heteroatoms. The summed E-state index contributed by atoms with van der Waals surface area (Å²) in [7, 11) is -4.73. The summed E-state index contributed by atoms with van der Waals surface area (Å²) >= 11 is 0. The van der Waals surface area contributed by atoms with Crippen molar-refractivity contribution in [1.29, 1.82) is 0 Å². The van der Waals surface area contributed by atoms with Crippen LogP contribution in [0.3, 0.4) is 0 Å². The summed E-state index contributed by atoms with van der Waals surface area (Å²) in [6.45, 7) is -0.311. The Kier molecular flexibility index (Phi) is 6.41. The van der Waals surface area contributed by atoms with Crippen LogP contribution in [0.2, 0.25) is 0 Å². The van der Waals surface area contributed by atoms with Crippen LogP contribution in [0.4, 0.5) is 14.5 Å². The molecule has 0 unspecified atom stereocenters. The first-order valence-corrected chi connectivity index (χ1v) is 9.26. The summed E-state index contributed by atoms with van der Waals surface area (Å²) in [6, 6.07) is 9.74. The van der Waals surface area contributed by atoms with Crippen molar-refractivity contribution in [3.63, 3.8) is 0 Å². The molecular weight excluding hydrogens is 396 g/mol. The van der Waals surface area contributed by atoms with E-state index < -0.39 is 38.2 Å². The number of anilines is 1. The third kappa shape index (κ3) is 5.10. The van der Waals surface area contributed by atoms with Crippen molar-refractivity contribution in [1.82, 2.24) is 5.32 Å². The minimum Gasteiger partial charge on any atom is -0.368 e. The van der Waals surface area contributed by atoms with Gasteiger partial charge in [0.2, 0.25) is 15.7 Å². The molecule has 3 amide bonds. The summed E-state index contributed by atoms with van der Waals surface area (Å²) in [4.78, 5) is 34.0. The molecule has 8 nitrogen and oxygen atoms in total. The Morgan fingerprint density at radius 3 is 1.89 bits per heavy atom. The number of alkyl halides is 2. The van der Waals surface area contributed by atoms with Crippen molar-refractivity contribution in [2.45, 2.75) is 10.7 Å². The van der Waals surface area contributed by atoms with Crippen molar-refractivity contribution in [3.8, 4) is 0 Å². The van der Waals surface area contributed by atoms with Crippen LogP contribution in [0.15, 0.2) is 53.4 Å². The van der Waals surface area contributed by atoms with Gasteiger partial charge in [0.1, 0.15) is 0 Å². The Bertz CT molecular complexity index is 990. The quantitative estimate of drug-likeness (QED) is 0.628. The lowest BCUT2D eigenvalue weighted by molar-refractivity contribution is -0.117. The zero-order valence-corrected chi connectivity index (χ0v) is 15.0. The van der Waals surface area contributed by atoms with Gasteiger partial charge in [-0.1, -0.05) is 0 Å². The zero-order valence-electron chi connectivity index (χ0n) is 14.2. The first kappa shape index (κ1) is 21.0. The average Bonchev–Trinajstić information content (AvgIpc) is 2.66. The van der Waals surface area contributed by atoms with Crippen LogP contribution < -0.4 is 16.4 Å². The molecule has 0 radical (unpaired) electrons. The molecule has 0 bridgehead atoms. The van der Waals surface area contributed by atoms with E-state index in [9.17, 15) is 31.6 Å². The van der Waals surface area contributed by atoms with Gasteiger partial charge in [0.15, 0.2) is 0 Å². The van der Waals surface area contributed by atoms with Crippen LogP contribution in [0.25, 0.3) is 0 Å². The van der Waals surface area contributed by atoms with E-state index in [1.165, 1.54) is 24.3 Å². The van der Waals surface area contributed by atoms with Gasteiger partial charge in [-0.2, -0.15) is 8.78 Å². The maximum absolute atomic E-state index is 12.5. The molecule has 0 saturated carbocycles. The third-order valence-corrected chi connectivity index (χ3v) is 4.91. The summed E-state index contributed by atoms with van der Waals surface area (Å²) in [5, 5.41) is 4.82. The van der Waals surface area contributed by atoms with Gasteiger partial charge in [-0.05, 0) is 48.5 Å². The molecule has 28 heavy (non-hydrogen) atoms. The molecule has 0 heterocycles. The number of benzene rings is 2. The average molecular weight is 411 g/mol. The Morgan fingerprint density at radius 2 is 1.39 bits per heavy atom. The number of amides is 3. The second-order valence-electron chi connectivity index (χ2n) is 5.51. The van der Waals surface area contributed by atoms with E-state index in [2.05, 4.69) is 10.6 Å². The van der Waals surface area contributed by atoms with Crippen molar-refractivity contribution in [2.24, 2.45) is 5.73 Å². The van der Waals surface area contributed by atoms with Crippen LogP contribution in [0.5, 0.6) is 0 Å². The van der Waals surface area contributed by atoms with E-state index in [1.807, 2.05) is 0 Å². The number of nitrogens with two attached hydrogens (primary N) is 1. The Morgan fingerprint density at radius 1 is 0.893 bits per heavy atom. The normalized spacial score (nSPS) is 11.1. The smallest absolute Gasteiger partial charge is 0.341 e. The second kappa shape index (κ2) is 8.57. The fraction of sp³-hybridized carbons (Fsp3) is 0.118. The number of hydrogen-bond donors (Lipinski definition) is 3. The SMILES string of the molecule is NC(=O)CNC(=O)c1ccc(NC(=O)c2ccc(S(=O)(=O)C(F)F)cc2)cc1. The van der Waals surface area contributed by atoms with Crippen molar-refractivity contribution >= 4 is 33.2 Å². The van der Waals surface area contributed by atoms with E-state index in [-0.39, 0.29) is 17.7 Å². The molecule has 0 aliphatic heterocycles. The lowest BCUT2D eigenvalue weighted by Gasteiger charge is -2.08. The summed E-state index contributed by atoms with van der Waals surface area (Å²) in [6.07, 6.45) is 0. The van der Waals surface area contributed by atoms with E-state index >= 15 is 0 Å². The van der Waals surface area contributed by atoms with Crippen LogP contribution in [0, 0.1) is 0 Å². The van der Waals surface area contributed by atoms with Gasteiger partial charge in [-0.15, -0.1) is 0 Å². The highest BCUT2D eigenvalue weighted by Crippen LogP contribution is 2.19. The fourth-order valence-corrected chi connectivity index (χ4v) is 2.80. The maximum Gasteiger partial charge on any atom is 0.341 e. The number of carbonyl (C=O) groups is 3. The minimum atomic E-state index is -4.73. The topological polar surface area (TPSA) is 135 Å². The largest absolute Gasteiger partial charge is 0.368 e. The Hall–Kier alpha value is -3.34. The van der Waals surface area contributed by atoms with Crippen molar-refractivity contribution in [3.05, 3.63) is 59.7 Å². The Labute approximate surface area is 158 Å².